The van der Waals surface area contributed by atoms with Crippen LogP contribution in [0.3, 0.4) is 0 Å². The maximum atomic E-state index is 12.5. The third-order valence-corrected chi connectivity index (χ3v) is 3.30. The Balaban J connectivity index is 1.87. The predicted molar refractivity (Wildman–Crippen MR) is 93.8 cm³/mol. The molecule has 0 atom stereocenters. The molecule has 1 aromatic carbocycles. The molecular formula is C18H16N4O4. The molecule has 0 radical (unpaired) electrons. The van der Waals surface area contributed by atoms with E-state index in [9.17, 15) is 4.79 Å². The molecule has 0 unspecified atom stereocenters. The lowest BCUT2D eigenvalue weighted by molar-refractivity contribution is 0.101. The average Bonchev–Trinajstić information content (AvgIpc) is 2.68. The molecule has 2 aromatic heterocycles. The Labute approximate surface area is 149 Å². The number of aromatic nitrogens is 3. The number of carbonyl (C=O) groups is 1. The van der Waals surface area contributed by atoms with Crippen LogP contribution >= 0.6 is 0 Å². The van der Waals surface area contributed by atoms with Gasteiger partial charge in [-0.25, -0.2) is 4.98 Å². The number of amides is 1. The average molecular weight is 352 g/mol. The number of rotatable bonds is 6. The summed E-state index contributed by atoms with van der Waals surface area (Å²) in [6.07, 6.45) is 1.50. The van der Waals surface area contributed by atoms with Gasteiger partial charge in [0.15, 0.2) is 11.4 Å². The molecule has 26 heavy (non-hydrogen) atoms. The lowest BCUT2D eigenvalue weighted by Gasteiger charge is -2.10. The van der Waals surface area contributed by atoms with E-state index in [0.29, 0.717) is 5.69 Å². The third kappa shape index (κ3) is 4.04. The normalized spacial score (nSPS) is 10.1. The molecule has 3 aromatic rings. The van der Waals surface area contributed by atoms with Crippen molar-refractivity contribution in [1.82, 2.24) is 15.0 Å². The van der Waals surface area contributed by atoms with Crippen LogP contribution in [0.2, 0.25) is 0 Å². The summed E-state index contributed by atoms with van der Waals surface area (Å²) in [7, 11) is 2.93. The van der Waals surface area contributed by atoms with Gasteiger partial charge in [0.2, 0.25) is 11.8 Å². The summed E-state index contributed by atoms with van der Waals surface area (Å²) in [6.45, 7) is 0. The number of para-hydroxylation sites is 1. The molecule has 132 valence electrons. The maximum absolute atomic E-state index is 12.5. The molecule has 3 rings (SSSR count). The van der Waals surface area contributed by atoms with E-state index in [1.54, 1.807) is 24.3 Å². The van der Waals surface area contributed by atoms with Crippen molar-refractivity contribution in [3.8, 4) is 23.5 Å². The Hall–Kier alpha value is -3.68. The zero-order valence-electron chi connectivity index (χ0n) is 14.2. The van der Waals surface area contributed by atoms with Crippen molar-refractivity contribution >= 4 is 11.6 Å². The van der Waals surface area contributed by atoms with Crippen LogP contribution in [0.25, 0.3) is 0 Å². The van der Waals surface area contributed by atoms with Gasteiger partial charge >= 0.3 is 6.01 Å². The molecule has 0 saturated carbocycles. The van der Waals surface area contributed by atoms with Gasteiger partial charge in [-0.2, -0.15) is 9.97 Å². The van der Waals surface area contributed by atoms with Gasteiger partial charge in [-0.15, -0.1) is 0 Å². The van der Waals surface area contributed by atoms with Crippen molar-refractivity contribution in [2.45, 2.75) is 0 Å². The number of carbonyl (C=O) groups excluding carboxylic acids is 1. The van der Waals surface area contributed by atoms with Crippen LogP contribution < -0.4 is 19.5 Å². The van der Waals surface area contributed by atoms with E-state index in [1.807, 2.05) is 18.2 Å². The highest BCUT2D eigenvalue weighted by Crippen LogP contribution is 2.25. The smallest absolute Gasteiger partial charge is 0.328 e. The summed E-state index contributed by atoms with van der Waals surface area (Å²) in [5.41, 5.74) is 0.746. The zero-order valence-corrected chi connectivity index (χ0v) is 14.2. The molecular weight excluding hydrogens is 336 g/mol. The molecule has 0 aliphatic carbocycles. The van der Waals surface area contributed by atoms with Crippen molar-refractivity contribution in [3.05, 3.63) is 60.4 Å². The minimum atomic E-state index is -0.415. The highest BCUT2D eigenvalue weighted by atomic mass is 16.5. The quantitative estimate of drug-likeness (QED) is 0.728. The lowest BCUT2D eigenvalue weighted by Crippen LogP contribution is -2.15. The number of anilines is 1. The number of benzene rings is 1. The molecule has 0 bridgehead atoms. The SMILES string of the molecule is COc1cc(OC)nc(Oc2cccnc2C(=O)Nc2ccccc2)n1. The number of hydrogen-bond donors (Lipinski definition) is 1. The Morgan fingerprint density at radius 1 is 0.962 bits per heavy atom. The molecule has 8 nitrogen and oxygen atoms in total. The zero-order chi connectivity index (χ0) is 18.4. The van der Waals surface area contributed by atoms with Crippen LogP contribution in [0, 0.1) is 0 Å². The van der Waals surface area contributed by atoms with Gasteiger partial charge in [-0.1, -0.05) is 18.2 Å². The standard InChI is InChI=1S/C18H16N4O4/c1-24-14-11-15(25-2)22-18(21-14)26-13-9-6-10-19-16(13)17(23)20-12-7-4-3-5-8-12/h3-11H,1-2H3,(H,20,23). The van der Waals surface area contributed by atoms with Crippen LogP contribution in [0.1, 0.15) is 10.5 Å². The van der Waals surface area contributed by atoms with E-state index < -0.39 is 5.91 Å². The summed E-state index contributed by atoms with van der Waals surface area (Å²) >= 11 is 0. The summed E-state index contributed by atoms with van der Waals surface area (Å²) in [5.74, 6) is 0.329. The van der Waals surface area contributed by atoms with Crippen molar-refractivity contribution in [2.75, 3.05) is 19.5 Å². The molecule has 0 fully saturated rings. The predicted octanol–water partition coefficient (Wildman–Crippen LogP) is 2.93. The Bertz CT molecular complexity index is 880. The van der Waals surface area contributed by atoms with Gasteiger partial charge in [0, 0.05) is 11.9 Å². The van der Waals surface area contributed by atoms with E-state index in [1.165, 1.54) is 26.5 Å². The van der Waals surface area contributed by atoms with E-state index in [2.05, 4.69) is 20.3 Å². The van der Waals surface area contributed by atoms with Gasteiger partial charge in [-0.3, -0.25) is 4.79 Å². The van der Waals surface area contributed by atoms with Crippen molar-refractivity contribution < 1.29 is 19.0 Å². The van der Waals surface area contributed by atoms with Gasteiger partial charge in [0.05, 0.1) is 20.3 Å². The van der Waals surface area contributed by atoms with Gasteiger partial charge in [0.25, 0.3) is 5.91 Å². The number of pyridine rings is 1. The fourth-order valence-corrected chi connectivity index (χ4v) is 2.09. The minimum absolute atomic E-state index is 0.0250. The van der Waals surface area contributed by atoms with Crippen molar-refractivity contribution in [1.29, 1.82) is 0 Å². The number of ether oxygens (including phenoxy) is 3. The van der Waals surface area contributed by atoms with E-state index in [-0.39, 0.29) is 29.2 Å². The van der Waals surface area contributed by atoms with E-state index in [4.69, 9.17) is 14.2 Å². The van der Waals surface area contributed by atoms with Crippen LogP contribution in [0.5, 0.6) is 23.5 Å². The summed E-state index contributed by atoms with van der Waals surface area (Å²) in [6, 6.07) is 13.8. The molecule has 1 amide bonds. The molecule has 1 N–H and O–H groups in total. The molecule has 0 saturated heterocycles. The Morgan fingerprint density at radius 3 is 2.31 bits per heavy atom. The Morgan fingerprint density at radius 2 is 1.65 bits per heavy atom. The largest absolute Gasteiger partial charge is 0.481 e. The monoisotopic (exact) mass is 352 g/mol. The first-order valence-electron chi connectivity index (χ1n) is 7.66. The second-order valence-corrected chi connectivity index (χ2v) is 5.01. The minimum Gasteiger partial charge on any atom is -0.481 e. The lowest BCUT2D eigenvalue weighted by atomic mass is 10.2. The molecule has 0 aliphatic rings. The topological polar surface area (TPSA) is 95.5 Å². The molecule has 0 aliphatic heterocycles. The van der Waals surface area contributed by atoms with E-state index >= 15 is 0 Å². The first kappa shape index (κ1) is 17.2. The number of hydrogen-bond acceptors (Lipinski definition) is 7. The van der Waals surface area contributed by atoms with Gasteiger partial charge in [-0.05, 0) is 24.3 Å². The fraction of sp³-hybridized carbons (Fsp3) is 0.111. The van der Waals surface area contributed by atoms with Crippen LogP contribution in [-0.4, -0.2) is 35.1 Å². The number of methoxy groups -OCH3 is 2. The first-order chi connectivity index (χ1) is 12.7. The second-order valence-electron chi connectivity index (χ2n) is 5.01. The highest BCUT2D eigenvalue weighted by Gasteiger charge is 2.17. The van der Waals surface area contributed by atoms with E-state index in [0.717, 1.165) is 0 Å². The highest BCUT2D eigenvalue weighted by molar-refractivity contribution is 6.04. The van der Waals surface area contributed by atoms with Crippen LogP contribution in [0.15, 0.2) is 54.7 Å². The summed E-state index contributed by atoms with van der Waals surface area (Å²) < 4.78 is 15.8. The fourth-order valence-electron chi connectivity index (χ4n) is 2.09. The van der Waals surface area contributed by atoms with Crippen LogP contribution in [0.4, 0.5) is 5.69 Å². The van der Waals surface area contributed by atoms with Crippen molar-refractivity contribution in [3.63, 3.8) is 0 Å². The summed E-state index contributed by atoms with van der Waals surface area (Å²) in [5, 5.41) is 2.76. The molecule has 2 heterocycles. The Kier molecular flexibility index (Phi) is 5.23. The number of nitrogens with one attached hydrogen (secondary N) is 1. The third-order valence-electron chi connectivity index (χ3n) is 3.30. The summed E-state index contributed by atoms with van der Waals surface area (Å²) in [4.78, 5) is 24.8. The molecule has 0 spiro atoms. The maximum Gasteiger partial charge on any atom is 0.328 e. The number of nitrogens with zero attached hydrogens (tertiary/aromatic N) is 3. The second kappa shape index (κ2) is 7.93. The van der Waals surface area contributed by atoms with Crippen LogP contribution in [-0.2, 0) is 0 Å². The first-order valence-corrected chi connectivity index (χ1v) is 7.66. The van der Waals surface area contributed by atoms with Crippen molar-refractivity contribution in [2.24, 2.45) is 0 Å². The molecule has 8 heteroatoms. The van der Waals surface area contributed by atoms with Gasteiger partial charge < -0.3 is 19.5 Å². The van der Waals surface area contributed by atoms with Gasteiger partial charge in [0.1, 0.15) is 0 Å².